The number of carboxylic acid groups (broad SMARTS) is 2. The van der Waals surface area contributed by atoms with E-state index in [2.05, 4.69) is 43.3 Å². The number of benzene rings is 1. The number of nitrogens with one attached hydrogen (secondary N) is 2. The number of carbonyl (C=O) groups excluding carboxylic acids is 3. The number of aliphatic carboxylic acids is 2. The van der Waals surface area contributed by atoms with E-state index in [1.165, 1.54) is 12.1 Å². The van der Waals surface area contributed by atoms with Crippen LogP contribution in [0.4, 0.5) is 30.7 Å². The Hall–Kier alpha value is -4.21. The van der Waals surface area contributed by atoms with Crippen LogP contribution in [0.5, 0.6) is 0 Å². The lowest BCUT2D eigenvalue weighted by Gasteiger charge is -2.42. The second-order valence-electron chi connectivity index (χ2n) is 11.1. The Labute approximate surface area is 240 Å². The van der Waals surface area contributed by atoms with Crippen molar-refractivity contribution in [2.45, 2.75) is 70.0 Å². The lowest BCUT2D eigenvalue weighted by Crippen LogP contribution is -3.06. The smallest absolute Gasteiger partial charge is 0.430 e. The Morgan fingerprint density at radius 3 is 1.79 bits per heavy atom. The second kappa shape index (κ2) is 13.0. The number of H-pyrrole nitrogens is 1. The zero-order chi connectivity index (χ0) is 33.0. The summed E-state index contributed by atoms with van der Waals surface area (Å²) in [5, 5.41) is 23.2. The number of hydrogen-bond acceptors (Lipinski definition) is 5. The number of fused-ring (bicyclic) bond motifs is 1. The zero-order valence-corrected chi connectivity index (χ0v) is 23.3. The standard InChI is InChI=1S/C23H27FN4O.2C2HF3O2/c1-22(2)13-17(14-23(3,4)27-22)25-21(29)20-26-19(15-8-10-16(24)11-9-15)18-7-5-6-12-28(18)20;2*3-2(4,5)1(6)7/h5-12,17,27H,13-14H2,1-4H3,(H,25,29);2*(H,6,7). The Morgan fingerprint density at radius 2 is 1.35 bits per heavy atom. The first-order valence-electron chi connectivity index (χ1n) is 12.5. The van der Waals surface area contributed by atoms with Crippen LogP contribution < -0.4 is 25.2 Å². The molecule has 1 aromatic carbocycles. The van der Waals surface area contributed by atoms with Crippen molar-refractivity contribution in [3.05, 3.63) is 60.3 Å². The number of halogens is 7. The van der Waals surface area contributed by atoms with Crippen molar-refractivity contribution in [2.75, 3.05) is 0 Å². The number of carboxylic acids is 2. The monoisotopic (exact) mass is 622 g/mol. The van der Waals surface area contributed by atoms with Gasteiger partial charge in [-0.3, -0.25) is 4.79 Å². The van der Waals surface area contributed by atoms with E-state index < -0.39 is 24.3 Å². The van der Waals surface area contributed by atoms with Crippen LogP contribution in [0.15, 0.2) is 48.7 Å². The third-order valence-electron chi connectivity index (χ3n) is 6.07. The highest BCUT2D eigenvalue weighted by Gasteiger charge is 2.43. The average Bonchev–Trinajstić information content (AvgIpc) is 3.22. The fourth-order valence-electron chi connectivity index (χ4n) is 4.96. The summed E-state index contributed by atoms with van der Waals surface area (Å²) >= 11 is 0. The summed E-state index contributed by atoms with van der Waals surface area (Å²) in [6.45, 7) is 8.88. The van der Waals surface area contributed by atoms with Crippen LogP contribution >= 0.6 is 0 Å². The highest BCUT2D eigenvalue weighted by atomic mass is 19.4. The van der Waals surface area contributed by atoms with E-state index in [4.69, 9.17) is 19.8 Å². The van der Waals surface area contributed by atoms with Crippen LogP contribution in [-0.4, -0.2) is 52.3 Å². The molecule has 9 nitrogen and oxygen atoms in total. The first kappa shape index (κ1) is 35.0. The Kier molecular flexibility index (Phi) is 10.6. The molecule has 1 amide bonds. The maximum absolute atomic E-state index is 13.4. The first-order valence-corrected chi connectivity index (χ1v) is 12.5. The van der Waals surface area contributed by atoms with Gasteiger partial charge in [-0.15, -0.1) is 0 Å². The maximum Gasteiger partial charge on any atom is 0.430 e. The fraction of sp³-hybridized carbons (Fsp3) is 0.407. The number of carbonyl (C=O) groups is 3. The van der Waals surface area contributed by atoms with E-state index in [9.17, 15) is 35.5 Å². The number of hydrogen-bond donors (Lipinski definition) is 3. The number of aromatic amines is 1. The minimum Gasteiger partial charge on any atom is -0.542 e. The third kappa shape index (κ3) is 10.2. The number of alkyl halides is 6. The molecule has 4 rings (SSSR count). The summed E-state index contributed by atoms with van der Waals surface area (Å²) in [5.74, 6) is -5.95. The van der Waals surface area contributed by atoms with Crippen molar-refractivity contribution in [1.29, 1.82) is 0 Å². The number of nitrogens with two attached hydrogens (primary N) is 1. The van der Waals surface area contributed by atoms with E-state index in [1.54, 1.807) is 12.1 Å². The van der Waals surface area contributed by atoms with Gasteiger partial charge in [-0.1, -0.05) is 6.07 Å². The van der Waals surface area contributed by atoms with Gasteiger partial charge < -0.3 is 30.4 Å². The van der Waals surface area contributed by atoms with Crippen LogP contribution in [0.3, 0.4) is 0 Å². The molecular weight excluding hydrogens is 593 g/mol. The van der Waals surface area contributed by atoms with Gasteiger partial charge in [-0.25, -0.2) is 9.37 Å². The van der Waals surface area contributed by atoms with E-state index in [0.29, 0.717) is 5.82 Å². The molecule has 3 heterocycles. The SMILES string of the molecule is CC1(C)CC(NC(=O)c2[nH]c(-c3ccc(F)cc3)c3cccc[n+]23)CC(C)(C)[NH2+]1.O=C([O-])C(F)(F)F.O=C([O-])C(F)(F)F. The maximum atomic E-state index is 13.4. The number of rotatable bonds is 3. The molecule has 0 saturated carbocycles. The van der Waals surface area contributed by atoms with Crippen LogP contribution in [0.25, 0.3) is 16.8 Å². The first-order chi connectivity index (χ1) is 19.5. The molecule has 3 aromatic rings. The third-order valence-corrected chi connectivity index (χ3v) is 6.07. The molecule has 0 radical (unpaired) electrons. The van der Waals surface area contributed by atoms with Gasteiger partial charge >= 0.3 is 24.1 Å². The van der Waals surface area contributed by atoms with E-state index in [-0.39, 0.29) is 28.8 Å². The van der Waals surface area contributed by atoms with Crippen molar-refractivity contribution < 1.29 is 65.0 Å². The lowest BCUT2D eigenvalue weighted by atomic mass is 9.79. The molecule has 236 valence electrons. The Morgan fingerprint density at radius 1 is 0.884 bits per heavy atom. The molecule has 0 unspecified atom stereocenters. The normalized spacial score (nSPS) is 16.3. The molecule has 1 aliphatic rings. The second-order valence-corrected chi connectivity index (χ2v) is 11.1. The van der Waals surface area contributed by atoms with Crippen LogP contribution in [0, 0.1) is 5.82 Å². The summed E-state index contributed by atoms with van der Waals surface area (Å²) in [7, 11) is 0. The average molecular weight is 623 g/mol. The summed E-state index contributed by atoms with van der Waals surface area (Å²) in [4.78, 5) is 34.1. The van der Waals surface area contributed by atoms with Crippen LogP contribution in [-0.2, 0) is 9.59 Å². The molecule has 16 heteroatoms. The Balaban J connectivity index is 0.000000384. The predicted molar refractivity (Wildman–Crippen MR) is 132 cm³/mol. The van der Waals surface area contributed by atoms with Gasteiger partial charge in [-0.05, 0) is 64.1 Å². The summed E-state index contributed by atoms with van der Waals surface area (Å²) in [6.07, 6.45) is -6.69. The van der Waals surface area contributed by atoms with Crippen LogP contribution in [0.1, 0.15) is 51.2 Å². The predicted octanol–water partition coefficient (Wildman–Crippen LogP) is 1.17. The molecule has 43 heavy (non-hydrogen) atoms. The van der Waals surface area contributed by atoms with E-state index >= 15 is 0 Å². The van der Waals surface area contributed by atoms with Crippen LogP contribution in [0.2, 0.25) is 0 Å². The zero-order valence-electron chi connectivity index (χ0n) is 23.3. The fourth-order valence-corrected chi connectivity index (χ4v) is 4.96. The molecule has 0 spiro atoms. The van der Waals surface area contributed by atoms with Gasteiger partial charge in [0, 0.05) is 24.4 Å². The number of piperidine rings is 1. The largest absolute Gasteiger partial charge is 0.542 e. The summed E-state index contributed by atoms with van der Waals surface area (Å²) in [5.41, 5.74) is 2.66. The van der Waals surface area contributed by atoms with Gasteiger partial charge in [-0.2, -0.15) is 30.7 Å². The number of nitrogens with zero attached hydrogens (tertiary/aromatic N) is 1. The highest BCUT2D eigenvalue weighted by Crippen LogP contribution is 2.24. The molecule has 2 aromatic heterocycles. The summed E-state index contributed by atoms with van der Waals surface area (Å²) < 4.78 is 78.3. The van der Waals surface area contributed by atoms with E-state index in [1.807, 2.05) is 28.8 Å². The minimum atomic E-state index is -5.19. The quantitative estimate of drug-likeness (QED) is 0.297. The van der Waals surface area contributed by atoms with Crippen molar-refractivity contribution in [2.24, 2.45) is 0 Å². The molecule has 4 N–H and O–H groups in total. The number of pyridine rings is 1. The van der Waals surface area contributed by atoms with Gasteiger partial charge in [0.15, 0.2) is 11.2 Å². The number of aromatic nitrogens is 2. The van der Waals surface area contributed by atoms with Crippen molar-refractivity contribution >= 4 is 23.4 Å². The molecule has 1 saturated heterocycles. The van der Waals surface area contributed by atoms with Crippen molar-refractivity contribution in [3.8, 4) is 11.3 Å². The van der Waals surface area contributed by atoms with E-state index in [0.717, 1.165) is 29.6 Å². The van der Waals surface area contributed by atoms with Gasteiger partial charge in [0.1, 0.15) is 17.8 Å². The molecule has 0 aliphatic carbocycles. The molecule has 0 atom stereocenters. The molecule has 1 aliphatic heterocycles. The number of imidazole rings is 1. The molecule has 1 fully saturated rings. The van der Waals surface area contributed by atoms with Crippen molar-refractivity contribution in [1.82, 2.24) is 10.3 Å². The number of quaternary nitrogens is 1. The summed E-state index contributed by atoms with van der Waals surface area (Å²) in [6, 6.07) is 12.2. The molecule has 0 bridgehead atoms. The van der Waals surface area contributed by atoms with Gasteiger partial charge in [0.2, 0.25) is 0 Å². The van der Waals surface area contributed by atoms with Crippen molar-refractivity contribution in [3.63, 3.8) is 0 Å². The van der Waals surface area contributed by atoms with Gasteiger partial charge in [0.05, 0.1) is 17.3 Å². The Bertz CT molecular complexity index is 1410. The minimum absolute atomic E-state index is 0.0733. The number of amides is 1. The van der Waals surface area contributed by atoms with Gasteiger partial charge in [0.25, 0.3) is 0 Å². The molecular formula is C27H29F7N4O5. The highest BCUT2D eigenvalue weighted by molar-refractivity contribution is 5.91. The lowest BCUT2D eigenvalue weighted by molar-refractivity contribution is -0.788. The topological polar surface area (TPSA) is 146 Å².